The molecule has 2 saturated heterocycles. The lowest BCUT2D eigenvalue weighted by Crippen LogP contribution is -2.59. The maximum Gasteiger partial charge on any atom is 0.274 e. The highest BCUT2D eigenvalue weighted by Gasteiger charge is 2.39. The Labute approximate surface area is 165 Å². The molecule has 2 fully saturated rings. The lowest BCUT2D eigenvalue weighted by Gasteiger charge is -2.43. The van der Waals surface area contributed by atoms with Crippen LogP contribution in [0.4, 0.5) is 5.69 Å². The summed E-state index contributed by atoms with van der Waals surface area (Å²) in [6, 6.07) is 6.50. The van der Waals surface area contributed by atoms with Gasteiger partial charge in [0.15, 0.2) is 0 Å². The second kappa shape index (κ2) is 7.58. The molecule has 2 aromatic rings. The second-order valence-electron chi connectivity index (χ2n) is 7.60. The fraction of sp³-hybridized carbons (Fsp3) is 0.429. The van der Waals surface area contributed by atoms with E-state index in [2.05, 4.69) is 46.9 Å². The smallest absolute Gasteiger partial charge is 0.274 e. The summed E-state index contributed by atoms with van der Waals surface area (Å²) in [5.41, 5.74) is 4.11. The number of hydrogen-bond acceptors (Lipinski definition) is 5. The van der Waals surface area contributed by atoms with Crippen molar-refractivity contribution in [2.45, 2.75) is 13.8 Å². The van der Waals surface area contributed by atoms with Crippen molar-refractivity contribution in [3.63, 3.8) is 0 Å². The highest BCUT2D eigenvalue weighted by molar-refractivity contribution is 5.94. The van der Waals surface area contributed by atoms with E-state index in [1.54, 1.807) is 4.90 Å². The molecule has 0 saturated carbocycles. The number of carbonyl (C=O) groups is 2. The van der Waals surface area contributed by atoms with Crippen molar-refractivity contribution in [3.05, 3.63) is 53.6 Å². The van der Waals surface area contributed by atoms with Crippen molar-refractivity contribution in [1.29, 1.82) is 0 Å². The number of piperazine rings is 1. The molecule has 2 aliphatic rings. The van der Waals surface area contributed by atoms with Gasteiger partial charge in [-0.3, -0.25) is 14.6 Å². The molecular weight excluding hydrogens is 354 g/mol. The van der Waals surface area contributed by atoms with Gasteiger partial charge in [0.05, 0.1) is 12.1 Å². The highest BCUT2D eigenvalue weighted by atomic mass is 16.2. The first-order chi connectivity index (χ1) is 13.5. The average Bonchev–Trinajstić information content (AvgIpc) is 2.69. The summed E-state index contributed by atoms with van der Waals surface area (Å²) in [5.74, 6) is -0.103. The second-order valence-corrected chi connectivity index (χ2v) is 7.60. The summed E-state index contributed by atoms with van der Waals surface area (Å²) < 4.78 is 0. The summed E-state index contributed by atoms with van der Waals surface area (Å²) >= 11 is 0. The zero-order valence-electron chi connectivity index (χ0n) is 16.3. The molecule has 7 nitrogen and oxygen atoms in total. The van der Waals surface area contributed by atoms with Gasteiger partial charge in [0, 0.05) is 57.3 Å². The van der Waals surface area contributed by atoms with Crippen LogP contribution in [0.2, 0.25) is 0 Å². The number of carbonyl (C=O) groups excluding carboxylic acids is 2. The molecule has 2 aliphatic heterocycles. The third kappa shape index (κ3) is 3.56. The Hall–Kier alpha value is -2.96. The Balaban J connectivity index is 1.29. The molecule has 0 bridgehead atoms. The van der Waals surface area contributed by atoms with Crippen LogP contribution in [0, 0.1) is 19.8 Å². The molecule has 0 aliphatic carbocycles. The number of anilines is 1. The SMILES string of the molecule is Cc1ccc(C)c(N2CCN(C(=O)C3CN(C(=O)c4cnccn4)C3)CC2)c1. The van der Waals surface area contributed by atoms with Crippen LogP contribution in [0.1, 0.15) is 21.6 Å². The predicted molar refractivity (Wildman–Crippen MR) is 106 cm³/mol. The Kier molecular flexibility index (Phi) is 4.98. The molecule has 0 spiro atoms. The molecule has 0 N–H and O–H groups in total. The van der Waals surface area contributed by atoms with Crippen LogP contribution >= 0.6 is 0 Å². The van der Waals surface area contributed by atoms with E-state index in [1.807, 2.05) is 4.90 Å². The standard InChI is InChI=1S/C21H25N5O2/c1-15-3-4-16(2)19(11-15)24-7-9-25(10-8-24)20(27)17-13-26(14-17)21(28)18-12-22-5-6-23-18/h3-6,11-12,17H,7-10,13-14H2,1-2H3. The van der Waals surface area contributed by atoms with E-state index < -0.39 is 0 Å². The van der Waals surface area contributed by atoms with Crippen LogP contribution in [-0.4, -0.2) is 70.9 Å². The van der Waals surface area contributed by atoms with E-state index in [0.29, 0.717) is 18.8 Å². The quantitative estimate of drug-likeness (QED) is 0.809. The fourth-order valence-electron chi connectivity index (χ4n) is 3.86. The number of hydrogen-bond donors (Lipinski definition) is 0. The summed E-state index contributed by atoms with van der Waals surface area (Å²) in [6.45, 7) is 8.28. The van der Waals surface area contributed by atoms with Gasteiger partial charge in [-0.05, 0) is 31.0 Å². The topological polar surface area (TPSA) is 69.6 Å². The summed E-state index contributed by atoms with van der Waals surface area (Å²) in [5, 5.41) is 0. The molecule has 7 heteroatoms. The monoisotopic (exact) mass is 379 g/mol. The molecule has 0 atom stereocenters. The van der Waals surface area contributed by atoms with Gasteiger partial charge < -0.3 is 14.7 Å². The van der Waals surface area contributed by atoms with Crippen molar-refractivity contribution in [2.75, 3.05) is 44.2 Å². The molecule has 4 rings (SSSR count). The average molecular weight is 379 g/mol. The van der Waals surface area contributed by atoms with Crippen LogP contribution in [0.15, 0.2) is 36.8 Å². The van der Waals surface area contributed by atoms with Crippen LogP contribution in [0.25, 0.3) is 0 Å². The number of nitrogens with zero attached hydrogens (tertiary/aromatic N) is 5. The van der Waals surface area contributed by atoms with Crippen molar-refractivity contribution in [3.8, 4) is 0 Å². The lowest BCUT2D eigenvalue weighted by atomic mass is 9.97. The third-order valence-electron chi connectivity index (χ3n) is 5.60. The lowest BCUT2D eigenvalue weighted by molar-refractivity contribution is -0.140. The maximum atomic E-state index is 12.8. The zero-order chi connectivity index (χ0) is 19.7. The Bertz CT molecular complexity index is 872. The minimum absolute atomic E-state index is 0.104. The number of aryl methyl sites for hydroxylation is 2. The predicted octanol–water partition coefficient (Wildman–Crippen LogP) is 1.51. The van der Waals surface area contributed by atoms with Gasteiger partial charge in [-0.15, -0.1) is 0 Å². The molecule has 3 heterocycles. The first-order valence-electron chi connectivity index (χ1n) is 9.69. The van der Waals surface area contributed by atoms with Crippen molar-refractivity contribution in [1.82, 2.24) is 19.8 Å². The first kappa shape index (κ1) is 18.4. The van der Waals surface area contributed by atoms with Gasteiger partial charge in [-0.2, -0.15) is 0 Å². The van der Waals surface area contributed by atoms with E-state index in [-0.39, 0.29) is 17.7 Å². The molecular formula is C21H25N5O2. The van der Waals surface area contributed by atoms with E-state index >= 15 is 0 Å². The molecule has 2 amide bonds. The largest absolute Gasteiger partial charge is 0.368 e. The molecule has 1 aromatic carbocycles. The highest BCUT2D eigenvalue weighted by Crippen LogP contribution is 2.25. The molecule has 0 radical (unpaired) electrons. The van der Waals surface area contributed by atoms with Crippen molar-refractivity contribution >= 4 is 17.5 Å². The van der Waals surface area contributed by atoms with Gasteiger partial charge in [0.2, 0.25) is 5.91 Å². The summed E-state index contributed by atoms with van der Waals surface area (Å²) in [6.07, 6.45) is 4.51. The number of rotatable bonds is 3. The van der Waals surface area contributed by atoms with Gasteiger partial charge in [-0.1, -0.05) is 12.1 Å². The Morgan fingerprint density at radius 3 is 2.43 bits per heavy atom. The zero-order valence-corrected chi connectivity index (χ0v) is 16.3. The van der Waals surface area contributed by atoms with Crippen LogP contribution in [0.3, 0.4) is 0 Å². The van der Waals surface area contributed by atoms with Crippen LogP contribution in [-0.2, 0) is 4.79 Å². The normalized spacial score (nSPS) is 17.4. The third-order valence-corrected chi connectivity index (χ3v) is 5.60. The molecule has 146 valence electrons. The minimum atomic E-state index is -0.156. The van der Waals surface area contributed by atoms with Crippen molar-refractivity contribution < 1.29 is 9.59 Å². The summed E-state index contributed by atoms with van der Waals surface area (Å²) in [7, 11) is 0. The van der Waals surface area contributed by atoms with Gasteiger partial charge in [-0.25, -0.2) is 4.98 Å². The van der Waals surface area contributed by atoms with Gasteiger partial charge in [0.25, 0.3) is 5.91 Å². The van der Waals surface area contributed by atoms with Gasteiger partial charge in [0.1, 0.15) is 5.69 Å². The first-order valence-corrected chi connectivity index (χ1v) is 9.69. The number of benzene rings is 1. The van der Waals surface area contributed by atoms with E-state index in [0.717, 1.165) is 26.2 Å². The van der Waals surface area contributed by atoms with E-state index in [1.165, 1.54) is 35.4 Å². The summed E-state index contributed by atoms with van der Waals surface area (Å²) in [4.78, 5) is 39.0. The minimum Gasteiger partial charge on any atom is -0.368 e. The molecule has 28 heavy (non-hydrogen) atoms. The Morgan fingerprint density at radius 1 is 1.00 bits per heavy atom. The molecule has 1 aromatic heterocycles. The maximum absolute atomic E-state index is 12.8. The van der Waals surface area contributed by atoms with Gasteiger partial charge >= 0.3 is 0 Å². The van der Waals surface area contributed by atoms with E-state index in [4.69, 9.17) is 0 Å². The number of likely N-dealkylation sites (tertiary alicyclic amines) is 1. The fourth-order valence-corrected chi connectivity index (χ4v) is 3.86. The van der Waals surface area contributed by atoms with Crippen LogP contribution < -0.4 is 4.90 Å². The molecule has 0 unspecified atom stereocenters. The van der Waals surface area contributed by atoms with E-state index in [9.17, 15) is 9.59 Å². The Morgan fingerprint density at radius 2 is 1.75 bits per heavy atom. The van der Waals surface area contributed by atoms with Crippen LogP contribution in [0.5, 0.6) is 0 Å². The number of amides is 2. The number of aromatic nitrogens is 2. The van der Waals surface area contributed by atoms with Crippen molar-refractivity contribution in [2.24, 2.45) is 5.92 Å².